The second-order valence-corrected chi connectivity index (χ2v) is 5.52. The van der Waals surface area contributed by atoms with Gasteiger partial charge in [-0.15, -0.1) is 10.2 Å². The fourth-order valence-corrected chi connectivity index (χ4v) is 2.39. The Morgan fingerprint density at radius 3 is 2.68 bits per heavy atom. The Morgan fingerprint density at radius 2 is 1.96 bits per heavy atom. The van der Waals surface area contributed by atoms with Gasteiger partial charge in [0.1, 0.15) is 5.65 Å². The van der Waals surface area contributed by atoms with E-state index < -0.39 is 11.9 Å². The third-order valence-corrected chi connectivity index (χ3v) is 3.52. The van der Waals surface area contributed by atoms with Crippen molar-refractivity contribution in [1.82, 2.24) is 9.38 Å². The van der Waals surface area contributed by atoms with E-state index in [1.165, 1.54) is 16.5 Å². The molecule has 9 heteroatoms. The maximum absolute atomic E-state index is 11.0. The van der Waals surface area contributed by atoms with Crippen LogP contribution in [0.5, 0.6) is 0 Å². The Labute approximate surface area is 146 Å². The van der Waals surface area contributed by atoms with E-state index in [0.717, 1.165) is 0 Å². The van der Waals surface area contributed by atoms with Crippen molar-refractivity contribution >= 4 is 40.7 Å². The molecule has 0 aliphatic rings. The van der Waals surface area contributed by atoms with Gasteiger partial charge in [-0.25, -0.2) is 9.78 Å². The molecule has 2 aromatic heterocycles. The smallest absolute Gasteiger partial charge is 0.335 e. The Bertz CT molecular complexity index is 1010. The Hall–Kier alpha value is -3.26. The number of pyridine rings is 1. The number of halogens is 1. The van der Waals surface area contributed by atoms with Crippen LogP contribution in [-0.2, 0) is 11.2 Å². The van der Waals surface area contributed by atoms with E-state index in [4.69, 9.17) is 21.8 Å². The van der Waals surface area contributed by atoms with E-state index in [0.29, 0.717) is 16.4 Å². The lowest BCUT2D eigenvalue weighted by Gasteiger charge is -1.99. The van der Waals surface area contributed by atoms with Crippen molar-refractivity contribution in [2.75, 3.05) is 0 Å². The molecule has 0 unspecified atom stereocenters. The lowest BCUT2D eigenvalue weighted by molar-refractivity contribution is -0.136. The summed E-state index contributed by atoms with van der Waals surface area (Å²) >= 11 is 5.98. The first-order chi connectivity index (χ1) is 11.9. The van der Waals surface area contributed by atoms with Gasteiger partial charge in [0.15, 0.2) is 5.82 Å². The van der Waals surface area contributed by atoms with Gasteiger partial charge in [0.2, 0.25) is 0 Å². The number of imidazole rings is 1. The molecule has 8 nitrogen and oxygen atoms in total. The van der Waals surface area contributed by atoms with Crippen LogP contribution < -0.4 is 0 Å². The van der Waals surface area contributed by atoms with Gasteiger partial charge in [-0.2, -0.15) is 0 Å². The summed E-state index contributed by atoms with van der Waals surface area (Å²) in [6.45, 7) is 0. The minimum absolute atomic E-state index is 0.0726. The van der Waals surface area contributed by atoms with Crippen LogP contribution in [0.1, 0.15) is 16.1 Å². The molecule has 0 fully saturated rings. The molecule has 1 aromatic carbocycles. The molecule has 0 atom stereocenters. The SMILES string of the molecule is O=C(O)Cc1nc2ccc(Cl)cn2c1N=Nc1cccc(C(=O)O)c1. The number of aromatic nitrogens is 2. The van der Waals surface area contributed by atoms with Crippen molar-refractivity contribution in [2.45, 2.75) is 6.42 Å². The van der Waals surface area contributed by atoms with Crippen LogP contribution in [0, 0.1) is 0 Å². The number of fused-ring (bicyclic) bond motifs is 1. The first-order valence-corrected chi connectivity index (χ1v) is 7.45. The standard InChI is InChI=1S/C16H11ClN4O4/c17-10-4-5-13-18-12(7-14(22)23)15(21(13)8-10)20-19-11-3-1-2-9(6-11)16(24)25/h1-6,8H,7H2,(H,22,23)(H,24,25). The quantitative estimate of drug-likeness (QED) is 0.674. The number of nitrogens with zero attached hydrogens (tertiary/aromatic N) is 4. The molecule has 2 N–H and O–H groups in total. The van der Waals surface area contributed by atoms with Gasteiger partial charge in [0, 0.05) is 6.20 Å². The van der Waals surface area contributed by atoms with Crippen molar-refractivity contribution < 1.29 is 19.8 Å². The molecule has 25 heavy (non-hydrogen) atoms. The molecule has 0 saturated heterocycles. The van der Waals surface area contributed by atoms with Crippen LogP contribution in [0.2, 0.25) is 5.02 Å². The molecule has 0 spiro atoms. The molecule has 0 radical (unpaired) electrons. The summed E-state index contributed by atoms with van der Waals surface area (Å²) in [7, 11) is 0. The molecule has 3 aromatic rings. The molecule has 3 rings (SSSR count). The number of carboxylic acids is 2. The summed E-state index contributed by atoms with van der Waals surface area (Å²) in [6, 6.07) is 9.19. The number of hydrogen-bond acceptors (Lipinski definition) is 5. The largest absolute Gasteiger partial charge is 0.481 e. The molecule has 0 aliphatic carbocycles. The Balaban J connectivity index is 2.07. The number of aliphatic carboxylic acids is 1. The number of carbonyl (C=O) groups is 2. The average molecular weight is 359 g/mol. The zero-order valence-corrected chi connectivity index (χ0v) is 13.4. The molecule has 0 saturated carbocycles. The van der Waals surface area contributed by atoms with E-state index in [9.17, 15) is 9.59 Å². The van der Waals surface area contributed by atoms with Crippen molar-refractivity contribution in [1.29, 1.82) is 0 Å². The number of azo groups is 1. The highest BCUT2D eigenvalue weighted by Gasteiger charge is 2.15. The summed E-state index contributed by atoms with van der Waals surface area (Å²) < 4.78 is 1.53. The molecule has 126 valence electrons. The van der Waals surface area contributed by atoms with Gasteiger partial charge in [-0.3, -0.25) is 9.20 Å². The second kappa shape index (κ2) is 6.70. The molecular weight excluding hydrogens is 348 g/mol. The number of aromatic carboxylic acids is 1. The van der Waals surface area contributed by atoms with Crippen LogP contribution in [0.25, 0.3) is 5.65 Å². The van der Waals surface area contributed by atoms with E-state index in [-0.39, 0.29) is 23.5 Å². The van der Waals surface area contributed by atoms with Crippen LogP contribution in [0.15, 0.2) is 52.8 Å². The van der Waals surface area contributed by atoms with E-state index in [1.807, 2.05) is 0 Å². The van der Waals surface area contributed by atoms with Crippen LogP contribution in [0.3, 0.4) is 0 Å². The fraction of sp³-hybridized carbons (Fsp3) is 0.0625. The third-order valence-electron chi connectivity index (χ3n) is 3.30. The normalized spacial score (nSPS) is 11.2. The fourth-order valence-electron chi connectivity index (χ4n) is 2.23. The predicted octanol–water partition coefficient (Wildman–Crippen LogP) is 3.73. The maximum Gasteiger partial charge on any atom is 0.335 e. The maximum atomic E-state index is 11.0. The molecule has 2 heterocycles. The van der Waals surface area contributed by atoms with Gasteiger partial charge in [0.25, 0.3) is 0 Å². The Morgan fingerprint density at radius 1 is 1.16 bits per heavy atom. The number of rotatable bonds is 5. The molecular formula is C16H11ClN4O4. The van der Waals surface area contributed by atoms with Crippen LogP contribution >= 0.6 is 11.6 Å². The summed E-state index contributed by atoms with van der Waals surface area (Å²) in [5.74, 6) is -1.91. The van der Waals surface area contributed by atoms with Gasteiger partial charge < -0.3 is 10.2 Å². The average Bonchev–Trinajstić information content (AvgIpc) is 2.89. The van der Waals surface area contributed by atoms with Crippen LogP contribution in [0.4, 0.5) is 11.5 Å². The number of hydrogen-bond donors (Lipinski definition) is 2. The first-order valence-electron chi connectivity index (χ1n) is 7.07. The highest BCUT2D eigenvalue weighted by atomic mass is 35.5. The molecule has 0 amide bonds. The molecule has 0 aliphatic heterocycles. The Kier molecular flexibility index (Phi) is 4.44. The van der Waals surface area contributed by atoms with E-state index >= 15 is 0 Å². The lowest BCUT2D eigenvalue weighted by atomic mass is 10.2. The monoisotopic (exact) mass is 358 g/mol. The second-order valence-electron chi connectivity index (χ2n) is 5.08. The molecule has 0 bridgehead atoms. The highest BCUT2D eigenvalue weighted by molar-refractivity contribution is 6.30. The minimum Gasteiger partial charge on any atom is -0.481 e. The van der Waals surface area contributed by atoms with Gasteiger partial charge >= 0.3 is 11.9 Å². The van der Waals surface area contributed by atoms with Crippen LogP contribution in [-0.4, -0.2) is 31.5 Å². The first kappa shape index (κ1) is 16.6. The van der Waals surface area contributed by atoms with Gasteiger partial charge in [0.05, 0.1) is 28.4 Å². The summed E-state index contributed by atoms with van der Waals surface area (Å²) in [4.78, 5) is 26.3. The number of benzene rings is 1. The van der Waals surface area contributed by atoms with E-state index in [2.05, 4.69) is 15.2 Å². The number of carboxylic acid groups (broad SMARTS) is 2. The lowest BCUT2D eigenvalue weighted by Crippen LogP contribution is -2.00. The van der Waals surface area contributed by atoms with Crippen molar-refractivity contribution in [3.63, 3.8) is 0 Å². The minimum atomic E-state index is -1.08. The zero-order chi connectivity index (χ0) is 18.0. The topological polar surface area (TPSA) is 117 Å². The van der Waals surface area contributed by atoms with E-state index in [1.54, 1.807) is 30.5 Å². The van der Waals surface area contributed by atoms with Crippen molar-refractivity contribution in [3.05, 3.63) is 58.9 Å². The van der Waals surface area contributed by atoms with Crippen molar-refractivity contribution in [3.8, 4) is 0 Å². The summed E-state index contributed by atoms with van der Waals surface area (Å²) in [5.41, 5.74) is 1.10. The summed E-state index contributed by atoms with van der Waals surface area (Å²) in [6.07, 6.45) is 1.22. The predicted molar refractivity (Wildman–Crippen MR) is 89.1 cm³/mol. The summed E-state index contributed by atoms with van der Waals surface area (Å²) in [5, 5.41) is 26.6. The zero-order valence-electron chi connectivity index (χ0n) is 12.6. The van der Waals surface area contributed by atoms with Gasteiger partial charge in [-0.1, -0.05) is 17.7 Å². The van der Waals surface area contributed by atoms with Gasteiger partial charge in [-0.05, 0) is 30.3 Å². The highest BCUT2D eigenvalue weighted by Crippen LogP contribution is 2.26. The van der Waals surface area contributed by atoms with Crippen molar-refractivity contribution in [2.24, 2.45) is 10.2 Å². The third kappa shape index (κ3) is 3.64.